The third kappa shape index (κ3) is 3.78. The summed E-state index contributed by atoms with van der Waals surface area (Å²) < 4.78 is 24.9. The number of sulfone groups is 1. The van der Waals surface area contributed by atoms with Crippen LogP contribution in [0.15, 0.2) is 39.0 Å². The summed E-state index contributed by atoms with van der Waals surface area (Å²) in [5.41, 5.74) is 1.54. The van der Waals surface area contributed by atoms with Crippen molar-refractivity contribution in [3.05, 3.63) is 35.3 Å². The average molecular weight is 330 g/mol. The highest BCUT2D eigenvalue weighted by atomic mass is 32.2. The van der Waals surface area contributed by atoms with Crippen LogP contribution in [0.25, 0.3) is 0 Å². The van der Waals surface area contributed by atoms with Gasteiger partial charge in [0.1, 0.15) is 5.51 Å². The molecule has 2 aromatic rings. The van der Waals surface area contributed by atoms with Gasteiger partial charge in [-0.3, -0.25) is 0 Å². The fourth-order valence-corrected chi connectivity index (χ4v) is 4.65. The second kappa shape index (κ2) is 6.33. The molecule has 0 aliphatic rings. The fraction of sp³-hybridized carbons (Fsp3) is 0.182. The van der Waals surface area contributed by atoms with E-state index in [1.54, 1.807) is 5.51 Å². The zero-order valence-electron chi connectivity index (χ0n) is 10.1. The van der Waals surface area contributed by atoms with Crippen molar-refractivity contribution in [1.82, 2.24) is 10.2 Å². The standard InChI is InChI=1S/C11H10N2O4S3/c14-10(15)8-2-1-3-9(6-8)20(16,17)5-4-18-11-13-12-7-19-11/h1-3,6-7H,4-5H2,(H,14,15). The predicted molar refractivity (Wildman–Crippen MR) is 76.1 cm³/mol. The minimum atomic E-state index is -3.50. The number of aromatic carboxylic acids is 1. The maximum absolute atomic E-state index is 12.1. The monoisotopic (exact) mass is 330 g/mol. The lowest BCUT2D eigenvalue weighted by molar-refractivity contribution is 0.0696. The van der Waals surface area contributed by atoms with Crippen LogP contribution in [0, 0.1) is 0 Å². The zero-order chi connectivity index (χ0) is 14.6. The summed E-state index contributed by atoms with van der Waals surface area (Å²) >= 11 is 2.65. The molecule has 6 nitrogen and oxygen atoms in total. The Hall–Kier alpha value is -1.45. The van der Waals surface area contributed by atoms with Gasteiger partial charge in [-0.1, -0.05) is 29.2 Å². The Morgan fingerprint density at radius 3 is 2.85 bits per heavy atom. The topological polar surface area (TPSA) is 97.2 Å². The van der Waals surface area contributed by atoms with Crippen LogP contribution in [0.4, 0.5) is 0 Å². The highest BCUT2D eigenvalue weighted by Gasteiger charge is 2.16. The highest BCUT2D eigenvalue weighted by molar-refractivity contribution is 8.02. The molecule has 0 saturated heterocycles. The summed E-state index contributed by atoms with van der Waals surface area (Å²) in [5, 5.41) is 16.3. The summed E-state index contributed by atoms with van der Waals surface area (Å²) in [4.78, 5) is 10.9. The van der Waals surface area contributed by atoms with Crippen molar-refractivity contribution in [2.24, 2.45) is 0 Å². The summed E-state index contributed by atoms with van der Waals surface area (Å²) in [5.74, 6) is -0.889. The summed E-state index contributed by atoms with van der Waals surface area (Å²) in [6.45, 7) is 0. The quantitative estimate of drug-likeness (QED) is 0.807. The number of hydrogen-bond acceptors (Lipinski definition) is 7. The van der Waals surface area contributed by atoms with E-state index >= 15 is 0 Å². The van der Waals surface area contributed by atoms with Crippen LogP contribution in [-0.4, -0.2) is 41.2 Å². The van der Waals surface area contributed by atoms with Gasteiger partial charge >= 0.3 is 5.97 Å². The number of rotatable bonds is 6. The molecule has 106 valence electrons. The maximum Gasteiger partial charge on any atom is 0.335 e. The smallest absolute Gasteiger partial charge is 0.335 e. The van der Waals surface area contributed by atoms with Gasteiger partial charge in [0, 0.05) is 5.75 Å². The second-order valence-corrected chi connectivity index (χ2v) is 7.99. The number of benzene rings is 1. The van der Waals surface area contributed by atoms with Gasteiger partial charge in [-0.15, -0.1) is 10.2 Å². The van der Waals surface area contributed by atoms with Gasteiger partial charge in [-0.05, 0) is 18.2 Å². The Kier molecular flexibility index (Phi) is 4.73. The molecule has 0 radical (unpaired) electrons. The van der Waals surface area contributed by atoms with Gasteiger partial charge in [0.2, 0.25) is 0 Å². The number of carboxylic acids is 1. The van der Waals surface area contributed by atoms with E-state index < -0.39 is 15.8 Å². The first-order valence-electron chi connectivity index (χ1n) is 5.44. The molecule has 0 unspecified atom stereocenters. The van der Waals surface area contributed by atoms with Crippen molar-refractivity contribution in [1.29, 1.82) is 0 Å². The molecule has 9 heteroatoms. The number of nitrogens with zero attached hydrogens (tertiary/aromatic N) is 2. The first-order chi connectivity index (χ1) is 9.49. The highest BCUT2D eigenvalue weighted by Crippen LogP contribution is 2.21. The van der Waals surface area contributed by atoms with Gasteiger partial charge in [0.15, 0.2) is 14.2 Å². The molecular weight excluding hydrogens is 320 g/mol. The lowest BCUT2D eigenvalue weighted by Crippen LogP contribution is -2.10. The van der Waals surface area contributed by atoms with E-state index in [4.69, 9.17) is 5.11 Å². The van der Waals surface area contributed by atoms with Crippen molar-refractivity contribution >= 4 is 38.9 Å². The van der Waals surface area contributed by atoms with Crippen LogP contribution in [-0.2, 0) is 9.84 Å². The molecular formula is C11H10N2O4S3. The normalized spacial score (nSPS) is 11.4. The minimum absolute atomic E-state index is 0.0234. The Bertz CT molecular complexity index is 698. The van der Waals surface area contributed by atoms with Crippen molar-refractivity contribution in [3.63, 3.8) is 0 Å². The number of hydrogen-bond donors (Lipinski definition) is 1. The van der Waals surface area contributed by atoms with Gasteiger partial charge < -0.3 is 5.11 Å². The summed E-state index contributed by atoms with van der Waals surface area (Å²) in [6.07, 6.45) is 0. The molecule has 1 aromatic carbocycles. The van der Waals surface area contributed by atoms with Crippen molar-refractivity contribution < 1.29 is 18.3 Å². The minimum Gasteiger partial charge on any atom is -0.478 e. The molecule has 0 bridgehead atoms. The van der Waals surface area contributed by atoms with Crippen LogP contribution in [0.1, 0.15) is 10.4 Å². The van der Waals surface area contributed by atoms with Crippen LogP contribution >= 0.6 is 23.1 Å². The molecule has 0 saturated carbocycles. The molecule has 0 fully saturated rings. The van der Waals surface area contributed by atoms with E-state index in [1.165, 1.54) is 47.4 Å². The summed E-state index contributed by atoms with van der Waals surface area (Å²) in [6, 6.07) is 5.36. The number of carboxylic acid groups (broad SMARTS) is 1. The van der Waals surface area contributed by atoms with Crippen molar-refractivity contribution in [3.8, 4) is 0 Å². The van der Waals surface area contributed by atoms with Crippen LogP contribution in [0.2, 0.25) is 0 Å². The molecule has 1 heterocycles. The molecule has 0 spiro atoms. The molecule has 0 aliphatic carbocycles. The molecule has 20 heavy (non-hydrogen) atoms. The third-order valence-corrected chi connectivity index (χ3v) is 6.19. The molecule has 0 aliphatic heterocycles. The molecule has 2 rings (SSSR count). The van der Waals surface area contributed by atoms with Crippen LogP contribution in [0.3, 0.4) is 0 Å². The Balaban J connectivity index is 2.06. The van der Waals surface area contributed by atoms with E-state index in [-0.39, 0.29) is 16.2 Å². The Labute approximate surface area is 123 Å². The molecule has 1 aromatic heterocycles. The predicted octanol–water partition coefficient (Wildman–Crippen LogP) is 1.80. The van der Waals surface area contributed by atoms with Crippen LogP contribution < -0.4 is 0 Å². The first-order valence-corrected chi connectivity index (χ1v) is 8.96. The van der Waals surface area contributed by atoms with E-state index in [2.05, 4.69) is 10.2 Å². The lowest BCUT2D eigenvalue weighted by atomic mass is 10.2. The molecule has 1 N–H and O–H groups in total. The second-order valence-electron chi connectivity index (χ2n) is 3.70. The van der Waals surface area contributed by atoms with Gasteiger partial charge in [0.25, 0.3) is 0 Å². The van der Waals surface area contributed by atoms with Gasteiger partial charge in [-0.25, -0.2) is 13.2 Å². The van der Waals surface area contributed by atoms with E-state index in [9.17, 15) is 13.2 Å². The SMILES string of the molecule is O=C(O)c1cccc(S(=O)(=O)CCSc2nncs2)c1. The molecule has 0 amide bonds. The third-order valence-electron chi connectivity index (χ3n) is 2.36. The maximum atomic E-state index is 12.1. The van der Waals surface area contributed by atoms with Crippen molar-refractivity contribution in [2.75, 3.05) is 11.5 Å². The average Bonchev–Trinajstić information content (AvgIpc) is 2.92. The zero-order valence-corrected chi connectivity index (χ0v) is 12.5. The number of carbonyl (C=O) groups is 1. The largest absolute Gasteiger partial charge is 0.478 e. The van der Waals surface area contributed by atoms with E-state index in [0.717, 1.165) is 0 Å². The van der Waals surface area contributed by atoms with Crippen molar-refractivity contribution in [2.45, 2.75) is 9.24 Å². The van der Waals surface area contributed by atoms with Gasteiger partial charge in [0.05, 0.1) is 16.2 Å². The Morgan fingerprint density at radius 1 is 1.40 bits per heavy atom. The first kappa shape index (κ1) is 14.9. The number of thioether (sulfide) groups is 1. The van der Waals surface area contributed by atoms with Crippen LogP contribution in [0.5, 0.6) is 0 Å². The lowest BCUT2D eigenvalue weighted by Gasteiger charge is -2.04. The van der Waals surface area contributed by atoms with E-state index in [1.807, 2.05) is 0 Å². The van der Waals surface area contributed by atoms with E-state index in [0.29, 0.717) is 10.1 Å². The fourth-order valence-electron chi connectivity index (χ4n) is 1.40. The van der Waals surface area contributed by atoms with Gasteiger partial charge in [-0.2, -0.15) is 0 Å². The summed E-state index contributed by atoms with van der Waals surface area (Å²) in [7, 11) is -3.50. The molecule has 0 atom stereocenters. The Morgan fingerprint density at radius 2 is 2.20 bits per heavy atom. The number of aromatic nitrogens is 2.